The molecule has 0 spiro atoms. The van der Waals surface area contributed by atoms with E-state index in [1.54, 1.807) is 6.07 Å². The zero-order chi connectivity index (χ0) is 11.9. The van der Waals surface area contributed by atoms with E-state index < -0.39 is 0 Å². The van der Waals surface area contributed by atoms with Crippen molar-refractivity contribution >= 4 is 34.5 Å². The second-order valence-electron chi connectivity index (χ2n) is 3.63. The van der Waals surface area contributed by atoms with E-state index in [2.05, 4.69) is 0 Å². The molecule has 2 heterocycles. The van der Waals surface area contributed by atoms with Gasteiger partial charge in [0.15, 0.2) is 0 Å². The topological polar surface area (TPSA) is 39.2 Å². The Bertz CT molecular complexity index is 472. The van der Waals surface area contributed by atoms with Gasteiger partial charge in [-0.1, -0.05) is 23.2 Å². The van der Waals surface area contributed by atoms with Gasteiger partial charge in [0.1, 0.15) is 11.5 Å². The predicted molar refractivity (Wildman–Crippen MR) is 68.6 cm³/mol. The maximum Gasteiger partial charge on any atom is 0.106 e. The maximum absolute atomic E-state index is 6.15. The molecule has 1 unspecified atom stereocenters. The third-order valence-electron chi connectivity index (χ3n) is 2.43. The quantitative estimate of drug-likeness (QED) is 0.887. The molecule has 2 nitrogen and oxygen atoms in total. The van der Waals surface area contributed by atoms with E-state index in [4.69, 9.17) is 33.4 Å². The number of nitrogens with two attached hydrogens (primary N) is 1. The molecule has 86 valence electrons. The van der Waals surface area contributed by atoms with E-state index >= 15 is 0 Å². The number of hydrogen-bond donors (Lipinski definition) is 1. The molecule has 16 heavy (non-hydrogen) atoms. The van der Waals surface area contributed by atoms with Gasteiger partial charge in [0.2, 0.25) is 0 Å². The molecule has 2 rings (SSSR count). The van der Waals surface area contributed by atoms with Crippen LogP contribution in [-0.4, -0.2) is 0 Å². The van der Waals surface area contributed by atoms with Crippen molar-refractivity contribution in [3.8, 4) is 0 Å². The first kappa shape index (κ1) is 12.0. The van der Waals surface area contributed by atoms with Gasteiger partial charge in [-0.15, -0.1) is 11.3 Å². The first-order chi connectivity index (χ1) is 7.49. The monoisotopic (exact) mass is 275 g/mol. The summed E-state index contributed by atoms with van der Waals surface area (Å²) in [6.45, 7) is 3.79. The van der Waals surface area contributed by atoms with Crippen molar-refractivity contribution in [1.29, 1.82) is 0 Å². The summed E-state index contributed by atoms with van der Waals surface area (Å²) in [6.07, 6.45) is 0. The van der Waals surface area contributed by atoms with Crippen molar-refractivity contribution in [2.75, 3.05) is 0 Å². The standard InChI is InChI=1S/C11H11Cl2NOS/c1-5-3-7(6(2)15-5)10(14)8-4-9(12)16-11(8)13/h3-4,10H,14H2,1-2H3. The molecule has 0 saturated carbocycles. The molecule has 0 saturated heterocycles. The van der Waals surface area contributed by atoms with Gasteiger partial charge in [-0.25, -0.2) is 0 Å². The zero-order valence-corrected chi connectivity index (χ0v) is 11.2. The smallest absolute Gasteiger partial charge is 0.106 e. The van der Waals surface area contributed by atoms with Crippen LogP contribution < -0.4 is 5.73 Å². The number of halogens is 2. The van der Waals surface area contributed by atoms with Gasteiger partial charge in [-0.2, -0.15) is 0 Å². The molecule has 0 radical (unpaired) electrons. The van der Waals surface area contributed by atoms with Gasteiger partial charge < -0.3 is 10.2 Å². The summed E-state index contributed by atoms with van der Waals surface area (Å²) in [5, 5.41) is 0. The normalized spacial score (nSPS) is 13.1. The fourth-order valence-corrected chi connectivity index (χ4v) is 3.24. The Labute approximate surface area is 108 Å². The maximum atomic E-state index is 6.15. The Morgan fingerprint density at radius 2 is 1.94 bits per heavy atom. The molecule has 0 bridgehead atoms. The number of hydrogen-bond acceptors (Lipinski definition) is 3. The van der Waals surface area contributed by atoms with Crippen LogP contribution >= 0.6 is 34.5 Å². The van der Waals surface area contributed by atoms with Crippen LogP contribution in [0.1, 0.15) is 28.7 Å². The number of rotatable bonds is 2. The molecule has 0 aliphatic carbocycles. The van der Waals surface area contributed by atoms with Gasteiger partial charge in [-0.3, -0.25) is 0 Å². The van der Waals surface area contributed by atoms with Gasteiger partial charge >= 0.3 is 0 Å². The minimum Gasteiger partial charge on any atom is -0.466 e. The number of furan rings is 1. The van der Waals surface area contributed by atoms with Crippen molar-refractivity contribution in [1.82, 2.24) is 0 Å². The predicted octanol–water partition coefficient (Wildman–Crippen LogP) is 4.31. The van der Waals surface area contributed by atoms with E-state index in [9.17, 15) is 0 Å². The summed E-state index contributed by atoms with van der Waals surface area (Å²) in [7, 11) is 0. The van der Waals surface area contributed by atoms with Crippen LogP contribution in [0.2, 0.25) is 8.67 Å². The largest absolute Gasteiger partial charge is 0.466 e. The van der Waals surface area contributed by atoms with Crippen molar-refractivity contribution in [3.63, 3.8) is 0 Å². The van der Waals surface area contributed by atoms with Gasteiger partial charge in [0, 0.05) is 11.1 Å². The van der Waals surface area contributed by atoms with E-state index in [0.29, 0.717) is 8.67 Å². The summed E-state index contributed by atoms with van der Waals surface area (Å²) in [6, 6.07) is 3.46. The molecule has 0 aromatic carbocycles. The average Bonchev–Trinajstić information content (AvgIpc) is 2.68. The van der Waals surface area contributed by atoms with Crippen molar-refractivity contribution in [3.05, 3.63) is 43.5 Å². The van der Waals surface area contributed by atoms with Crippen LogP contribution in [0.3, 0.4) is 0 Å². The van der Waals surface area contributed by atoms with E-state index in [-0.39, 0.29) is 6.04 Å². The molecular weight excluding hydrogens is 265 g/mol. The minimum absolute atomic E-state index is 0.284. The summed E-state index contributed by atoms with van der Waals surface area (Å²) < 4.78 is 6.73. The van der Waals surface area contributed by atoms with Crippen LogP contribution in [0.4, 0.5) is 0 Å². The van der Waals surface area contributed by atoms with E-state index in [0.717, 1.165) is 22.6 Å². The summed E-state index contributed by atoms with van der Waals surface area (Å²) in [5.74, 6) is 1.67. The summed E-state index contributed by atoms with van der Waals surface area (Å²) in [4.78, 5) is 0. The van der Waals surface area contributed by atoms with E-state index in [1.165, 1.54) is 11.3 Å². The lowest BCUT2D eigenvalue weighted by Gasteiger charge is -2.09. The van der Waals surface area contributed by atoms with Crippen molar-refractivity contribution < 1.29 is 4.42 Å². The van der Waals surface area contributed by atoms with Crippen LogP contribution in [-0.2, 0) is 0 Å². The van der Waals surface area contributed by atoms with Crippen molar-refractivity contribution in [2.45, 2.75) is 19.9 Å². The average molecular weight is 276 g/mol. The lowest BCUT2D eigenvalue weighted by molar-refractivity contribution is 0.499. The number of aryl methyl sites for hydroxylation is 2. The molecule has 0 aliphatic heterocycles. The SMILES string of the molecule is Cc1cc(C(N)c2cc(Cl)sc2Cl)c(C)o1. The second-order valence-corrected chi connectivity index (χ2v) is 5.91. The molecule has 0 fully saturated rings. The summed E-state index contributed by atoms with van der Waals surface area (Å²) in [5.41, 5.74) is 7.95. The Balaban J connectivity index is 2.42. The first-order valence-electron chi connectivity index (χ1n) is 4.76. The molecular formula is C11H11Cl2NOS. The molecule has 2 N–H and O–H groups in total. The van der Waals surface area contributed by atoms with Gasteiger partial charge in [0.05, 0.1) is 14.7 Å². The van der Waals surface area contributed by atoms with Gasteiger partial charge in [0.25, 0.3) is 0 Å². The molecule has 1 atom stereocenters. The van der Waals surface area contributed by atoms with Crippen LogP contribution in [0.15, 0.2) is 16.5 Å². The van der Waals surface area contributed by atoms with Gasteiger partial charge in [-0.05, 0) is 26.0 Å². The van der Waals surface area contributed by atoms with Crippen LogP contribution in [0.5, 0.6) is 0 Å². The molecule has 5 heteroatoms. The highest BCUT2D eigenvalue weighted by molar-refractivity contribution is 7.20. The van der Waals surface area contributed by atoms with E-state index in [1.807, 2.05) is 19.9 Å². The van der Waals surface area contributed by atoms with Crippen LogP contribution in [0, 0.1) is 13.8 Å². The Hall–Kier alpha value is -0.480. The third-order valence-corrected chi connectivity index (χ3v) is 3.95. The Kier molecular flexibility index (Phi) is 3.31. The fraction of sp³-hybridized carbons (Fsp3) is 0.273. The highest BCUT2D eigenvalue weighted by atomic mass is 35.5. The molecule has 2 aromatic rings. The zero-order valence-electron chi connectivity index (χ0n) is 8.88. The Morgan fingerprint density at radius 1 is 1.25 bits per heavy atom. The highest BCUT2D eigenvalue weighted by Gasteiger charge is 2.19. The minimum atomic E-state index is -0.284. The summed E-state index contributed by atoms with van der Waals surface area (Å²) >= 11 is 13.3. The number of thiophene rings is 1. The van der Waals surface area contributed by atoms with Crippen LogP contribution in [0.25, 0.3) is 0 Å². The molecule has 2 aromatic heterocycles. The lowest BCUT2D eigenvalue weighted by atomic mass is 10.0. The first-order valence-corrected chi connectivity index (χ1v) is 6.33. The molecule has 0 aliphatic rings. The van der Waals surface area contributed by atoms with Crippen molar-refractivity contribution in [2.24, 2.45) is 5.73 Å². The lowest BCUT2D eigenvalue weighted by Crippen LogP contribution is -2.11. The fourth-order valence-electron chi connectivity index (χ4n) is 1.69. The third kappa shape index (κ3) is 2.13. The molecule has 0 amide bonds. The highest BCUT2D eigenvalue weighted by Crippen LogP contribution is 2.37. The Morgan fingerprint density at radius 3 is 2.38 bits per heavy atom. The second kappa shape index (κ2) is 4.41.